The lowest BCUT2D eigenvalue weighted by Crippen LogP contribution is -1.96. The molecule has 0 radical (unpaired) electrons. The molecule has 0 saturated carbocycles. The van der Waals surface area contributed by atoms with E-state index in [2.05, 4.69) is 26.1 Å². The predicted molar refractivity (Wildman–Crippen MR) is 83.2 cm³/mol. The van der Waals surface area contributed by atoms with E-state index < -0.39 is 0 Å². The van der Waals surface area contributed by atoms with Crippen molar-refractivity contribution in [3.63, 3.8) is 0 Å². The van der Waals surface area contributed by atoms with Gasteiger partial charge >= 0.3 is 0 Å². The Kier molecular flexibility index (Phi) is 4.22. The molecule has 0 saturated heterocycles. The summed E-state index contributed by atoms with van der Waals surface area (Å²) in [5.74, 6) is 1.55. The maximum Gasteiger partial charge on any atom is 0.254 e. The van der Waals surface area contributed by atoms with Gasteiger partial charge in [0.1, 0.15) is 5.75 Å². The van der Waals surface area contributed by atoms with E-state index in [4.69, 9.17) is 20.8 Å². The minimum absolute atomic E-state index is 0.195. The van der Waals surface area contributed by atoms with Gasteiger partial charge in [-0.15, -0.1) is 10.2 Å². The fourth-order valence-electron chi connectivity index (χ4n) is 1.74. The van der Waals surface area contributed by atoms with Crippen molar-refractivity contribution < 1.29 is 9.15 Å². The zero-order valence-corrected chi connectivity index (χ0v) is 13.1. The molecule has 4 nitrogen and oxygen atoms in total. The number of nitrogens with zero attached hydrogens (tertiary/aromatic N) is 2. The summed E-state index contributed by atoms with van der Waals surface area (Å²) in [4.78, 5) is 0. The quantitative estimate of drug-likeness (QED) is 0.670. The van der Waals surface area contributed by atoms with Gasteiger partial charge in [0.15, 0.2) is 6.61 Å². The first kappa shape index (κ1) is 14.1. The molecular formula is C15H10BrClN2O2. The van der Waals surface area contributed by atoms with Crippen LogP contribution in [0.5, 0.6) is 5.75 Å². The summed E-state index contributed by atoms with van der Waals surface area (Å²) < 4.78 is 12.0. The van der Waals surface area contributed by atoms with Crippen LogP contribution in [0.15, 0.2) is 57.4 Å². The van der Waals surface area contributed by atoms with Crippen LogP contribution >= 0.6 is 27.5 Å². The van der Waals surface area contributed by atoms with Gasteiger partial charge in [-0.25, -0.2) is 0 Å². The third-order valence-corrected chi connectivity index (χ3v) is 3.59. The van der Waals surface area contributed by atoms with Crippen LogP contribution in [0.1, 0.15) is 5.89 Å². The van der Waals surface area contributed by atoms with Crippen LogP contribution in [-0.4, -0.2) is 10.2 Å². The van der Waals surface area contributed by atoms with E-state index in [0.29, 0.717) is 22.6 Å². The normalized spacial score (nSPS) is 10.6. The topological polar surface area (TPSA) is 48.2 Å². The lowest BCUT2D eigenvalue weighted by molar-refractivity contribution is 0.263. The van der Waals surface area contributed by atoms with E-state index in [1.165, 1.54) is 0 Å². The van der Waals surface area contributed by atoms with Gasteiger partial charge in [-0.2, -0.15) is 0 Å². The van der Waals surface area contributed by atoms with Gasteiger partial charge in [-0.1, -0.05) is 29.8 Å². The molecule has 0 unspecified atom stereocenters. The van der Waals surface area contributed by atoms with Gasteiger partial charge in [0.25, 0.3) is 5.89 Å². The number of ether oxygens (including phenoxy) is 1. The second-order valence-corrected chi connectivity index (χ2v) is 5.52. The Balaban J connectivity index is 1.70. The maximum absolute atomic E-state index is 5.88. The highest BCUT2D eigenvalue weighted by atomic mass is 79.9. The summed E-state index contributed by atoms with van der Waals surface area (Å²) in [6, 6.07) is 14.9. The Morgan fingerprint density at radius 2 is 1.90 bits per heavy atom. The molecule has 3 aromatic rings. The number of hydrogen-bond acceptors (Lipinski definition) is 4. The van der Waals surface area contributed by atoms with Crippen molar-refractivity contribution in [3.8, 4) is 17.2 Å². The number of hydrogen-bond donors (Lipinski definition) is 0. The number of aromatic nitrogens is 2. The molecule has 21 heavy (non-hydrogen) atoms. The van der Waals surface area contributed by atoms with Gasteiger partial charge in [0, 0.05) is 10.6 Å². The lowest BCUT2D eigenvalue weighted by atomic mass is 10.2. The molecule has 0 atom stereocenters. The Morgan fingerprint density at radius 1 is 1.10 bits per heavy atom. The molecule has 3 rings (SSSR count). The molecule has 0 fully saturated rings. The lowest BCUT2D eigenvalue weighted by Gasteiger charge is -2.05. The monoisotopic (exact) mass is 364 g/mol. The fourth-order valence-corrected chi connectivity index (χ4v) is 2.54. The molecule has 106 valence electrons. The molecule has 0 aliphatic carbocycles. The zero-order valence-electron chi connectivity index (χ0n) is 10.8. The number of rotatable bonds is 4. The Morgan fingerprint density at radius 3 is 2.67 bits per heavy atom. The fraction of sp³-hybridized carbons (Fsp3) is 0.0667. The van der Waals surface area contributed by atoms with Crippen molar-refractivity contribution >= 4 is 27.5 Å². The van der Waals surface area contributed by atoms with Crippen LogP contribution in [0, 0.1) is 0 Å². The van der Waals surface area contributed by atoms with Crippen LogP contribution < -0.4 is 4.74 Å². The van der Waals surface area contributed by atoms with Crippen LogP contribution in [-0.2, 0) is 6.61 Å². The SMILES string of the molecule is Clc1ccc(OCc2nnc(-c3ccccc3)o2)c(Br)c1. The van der Waals surface area contributed by atoms with Gasteiger partial charge in [-0.05, 0) is 46.3 Å². The summed E-state index contributed by atoms with van der Waals surface area (Å²) in [6.45, 7) is 0.195. The van der Waals surface area contributed by atoms with Crippen molar-refractivity contribution in [2.24, 2.45) is 0 Å². The highest BCUT2D eigenvalue weighted by Crippen LogP contribution is 2.28. The summed E-state index contributed by atoms with van der Waals surface area (Å²) >= 11 is 9.27. The van der Waals surface area contributed by atoms with E-state index >= 15 is 0 Å². The van der Waals surface area contributed by atoms with Crippen molar-refractivity contribution in [3.05, 3.63) is 63.9 Å². The standard InChI is InChI=1S/C15H10BrClN2O2/c16-12-8-11(17)6-7-13(12)20-9-14-18-19-15(21-14)10-4-2-1-3-5-10/h1-8H,9H2. The summed E-state index contributed by atoms with van der Waals surface area (Å²) in [5.41, 5.74) is 0.879. The molecule has 0 aliphatic heterocycles. The van der Waals surface area contributed by atoms with Crippen LogP contribution in [0.3, 0.4) is 0 Å². The van der Waals surface area contributed by atoms with Crippen LogP contribution in [0.25, 0.3) is 11.5 Å². The van der Waals surface area contributed by atoms with Crippen LogP contribution in [0.2, 0.25) is 5.02 Å². The summed E-state index contributed by atoms with van der Waals surface area (Å²) in [5, 5.41) is 8.61. The number of halogens is 2. The van der Waals surface area contributed by atoms with Gasteiger partial charge < -0.3 is 9.15 Å². The van der Waals surface area contributed by atoms with Gasteiger partial charge in [-0.3, -0.25) is 0 Å². The first-order valence-electron chi connectivity index (χ1n) is 6.18. The second-order valence-electron chi connectivity index (χ2n) is 4.23. The minimum atomic E-state index is 0.195. The molecule has 0 spiro atoms. The zero-order chi connectivity index (χ0) is 14.7. The van der Waals surface area contributed by atoms with Crippen molar-refractivity contribution in [1.29, 1.82) is 0 Å². The second kappa shape index (κ2) is 6.28. The van der Waals surface area contributed by atoms with Crippen molar-refractivity contribution in [2.45, 2.75) is 6.61 Å². The van der Waals surface area contributed by atoms with E-state index in [1.54, 1.807) is 18.2 Å². The van der Waals surface area contributed by atoms with E-state index in [1.807, 2.05) is 30.3 Å². The average molecular weight is 366 g/mol. The van der Waals surface area contributed by atoms with Gasteiger partial charge in [0.05, 0.1) is 4.47 Å². The Hall–Kier alpha value is -1.85. The molecule has 0 aliphatic rings. The molecular weight excluding hydrogens is 356 g/mol. The van der Waals surface area contributed by atoms with Crippen LogP contribution in [0.4, 0.5) is 0 Å². The molecule has 1 heterocycles. The first-order chi connectivity index (χ1) is 10.2. The smallest absolute Gasteiger partial charge is 0.254 e. The third-order valence-electron chi connectivity index (χ3n) is 2.73. The summed E-state index contributed by atoms with van der Waals surface area (Å²) in [6.07, 6.45) is 0. The molecule has 6 heteroatoms. The van der Waals surface area contributed by atoms with E-state index in [-0.39, 0.29) is 6.61 Å². The highest BCUT2D eigenvalue weighted by Gasteiger charge is 2.09. The Bertz CT molecular complexity index is 746. The minimum Gasteiger partial charge on any atom is -0.483 e. The largest absolute Gasteiger partial charge is 0.483 e. The highest BCUT2D eigenvalue weighted by molar-refractivity contribution is 9.10. The molecule has 0 bridgehead atoms. The molecule has 1 aromatic heterocycles. The van der Waals surface area contributed by atoms with E-state index in [0.717, 1.165) is 10.0 Å². The van der Waals surface area contributed by atoms with Crippen molar-refractivity contribution in [1.82, 2.24) is 10.2 Å². The number of benzene rings is 2. The van der Waals surface area contributed by atoms with Gasteiger partial charge in [0.2, 0.25) is 5.89 Å². The molecule has 0 N–H and O–H groups in total. The Labute approximate surface area is 134 Å². The maximum atomic E-state index is 5.88. The first-order valence-corrected chi connectivity index (χ1v) is 7.35. The summed E-state index contributed by atoms with van der Waals surface area (Å²) in [7, 11) is 0. The predicted octanol–water partition coefficient (Wildman–Crippen LogP) is 4.73. The molecule has 2 aromatic carbocycles. The van der Waals surface area contributed by atoms with Crippen molar-refractivity contribution in [2.75, 3.05) is 0 Å². The average Bonchev–Trinajstić information content (AvgIpc) is 2.96. The molecule has 0 amide bonds. The van der Waals surface area contributed by atoms with E-state index in [9.17, 15) is 0 Å². The third kappa shape index (κ3) is 3.43.